The first kappa shape index (κ1) is 18.2. The van der Waals surface area contributed by atoms with Crippen LogP contribution in [0.2, 0.25) is 0 Å². The lowest BCUT2D eigenvalue weighted by atomic mass is 10.0. The number of aromatic nitrogens is 2. The second-order valence-corrected chi connectivity index (χ2v) is 5.99. The Hall–Kier alpha value is -4.20. The Morgan fingerprint density at radius 2 is 1.76 bits per heavy atom. The standard InChI is InChI=1S/C21H15N3O5/c1-27-20(26)14-9-7-13(8-10-14)15-4-2-5-16(12-15)18(25)22-21-24-23-19(29-21)17-6-3-11-28-17/h2-12H,1H3,(H,22,24,25). The second kappa shape index (κ2) is 7.81. The number of nitrogens with one attached hydrogen (secondary N) is 1. The number of furan rings is 1. The number of benzene rings is 2. The highest BCUT2D eigenvalue weighted by molar-refractivity contribution is 6.03. The van der Waals surface area contributed by atoms with E-state index in [1.165, 1.54) is 13.4 Å². The zero-order chi connectivity index (χ0) is 20.2. The molecule has 0 atom stereocenters. The lowest BCUT2D eigenvalue weighted by Gasteiger charge is -2.06. The van der Waals surface area contributed by atoms with Gasteiger partial charge in [-0.1, -0.05) is 29.4 Å². The quantitative estimate of drug-likeness (QED) is 0.513. The predicted octanol–water partition coefficient (Wildman–Crippen LogP) is 4.04. The molecule has 0 fully saturated rings. The van der Waals surface area contributed by atoms with Gasteiger partial charge >= 0.3 is 12.0 Å². The molecule has 2 aromatic heterocycles. The zero-order valence-corrected chi connectivity index (χ0v) is 15.3. The number of carbonyl (C=O) groups excluding carboxylic acids is 2. The summed E-state index contributed by atoms with van der Waals surface area (Å²) in [6.45, 7) is 0. The molecule has 29 heavy (non-hydrogen) atoms. The van der Waals surface area contributed by atoms with E-state index >= 15 is 0 Å². The number of rotatable bonds is 5. The van der Waals surface area contributed by atoms with Gasteiger partial charge in [0.2, 0.25) is 0 Å². The molecular formula is C21H15N3O5. The number of hydrogen-bond donors (Lipinski definition) is 1. The Kier molecular flexibility index (Phi) is 4.90. The third-order valence-electron chi connectivity index (χ3n) is 4.14. The van der Waals surface area contributed by atoms with Gasteiger partial charge in [-0.3, -0.25) is 10.1 Å². The van der Waals surface area contributed by atoms with Gasteiger partial charge in [0.15, 0.2) is 5.76 Å². The van der Waals surface area contributed by atoms with E-state index < -0.39 is 11.9 Å². The molecule has 8 nitrogen and oxygen atoms in total. The number of methoxy groups -OCH3 is 1. The number of carbonyl (C=O) groups is 2. The normalized spacial score (nSPS) is 10.5. The Morgan fingerprint density at radius 1 is 0.931 bits per heavy atom. The largest absolute Gasteiger partial charge is 0.465 e. The van der Waals surface area contributed by atoms with Crippen LogP contribution in [0.3, 0.4) is 0 Å². The van der Waals surface area contributed by atoms with E-state index in [9.17, 15) is 9.59 Å². The van der Waals surface area contributed by atoms with Gasteiger partial charge in [-0.05, 0) is 47.5 Å². The van der Waals surface area contributed by atoms with Crippen molar-refractivity contribution >= 4 is 17.9 Å². The molecule has 144 valence electrons. The van der Waals surface area contributed by atoms with Crippen molar-refractivity contribution in [2.45, 2.75) is 0 Å². The van der Waals surface area contributed by atoms with Crippen molar-refractivity contribution in [3.8, 4) is 22.8 Å². The van der Waals surface area contributed by atoms with Gasteiger partial charge in [-0.25, -0.2) is 4.79 Å². The average molecular weight is 389 g/mol. The fourth-order valence-electron chi connectivity index (χ4n) is 2.70. The molecule has 4 rings (SSSR count). The SMILES string of the molecule is COC(=O)c1ccc(-c2cccc(C(=O)Nc3nnc(-c4ccco4)o3)c2)cc1. The molecule has 0 bridgehead atoms. The number of esters is 1. The van der Waals surface area contributed by atoms with Crippen LogP contribution in [-0.2, 0) is 4.74 Å². The highest BCUT2D eigenvalue weighted by Gasteiger charge is 2.15. The predicted molar refractivity (Wildman–Crippen MR) is 103 cm³/mol. The van der Waals surface area contributed by atoms with Gasteiger partial charge in [0.05, 0.1) is 18.9 Å². The number of anilines is 1. The minimum atomic E-state index is -0.404. The van der Waals surface area contributed by atoms with E-state index in [0.717, 1.165) is 11.1 Å². The third kappa shape index (κ3) is 3.91. The Morgan fingerprint density at radius 3 is 2.48 bits per heavy atom. The van der Waals surface area contributed by atoms with Crippen LogP contribution in [0.4, 0.5) is 6.01 Å². The molecule has 1 N–H and O–H groups in total. The maximum Gasteiger partial charge on any atom is 0.337 e. The van der Waals surface area contributed by atoms with Crippen molar-refractivity contribution in [2.24, 2.45) is 0 Å². The summed E-state index contributed by atoms with van der Waals surface area (Å²) in [5.74, 6) is -0.217. The molecule has 0 saturated carbocycles. The first-order valence-corrected chi connectivity index (χ1v) is 8.61. The molecule has 0 unspecified atom stereocenters. The zero-order valence-electron chi connectivity index (χ0n) is 15.3. The van der Waals surface area contributed by atoms with Crippen molar-refractivity contribution in [2.75, 3.05) is 12.4 Å². The molecule has 0 aliphatic rings. The van der Waals surface area contributed by atoms with Crippen LogP contribution in [0, 0.1) is 0 Å². The average Bonchev–Trinajstić information content (AvgIpc) is 3.45. The minimum absolute atomic E-state index is 0.0331. The fraction of sp³-hybridized carbons (Fsp3) is 0.0476. The van der Waals surface area contributed by atoms with E-state index in [1.54, 1.807) is 54.6 Å². The topological polar surface area (TPSA) is 107 Å². The van der Waals surface area contributed by atoms with Crippen LogP contribution < -0.4 is 5.32 Å². The van der Waals surface area contributed by atoms with Gasteiger partial charge in [0.25, 0.3) is 11.8 Å². The molecular weight excluding hydrogens is 374 g/mol. The first-order valence-electron chi connectivity index (χ1n) is 8.61. The lowest BCUT2D eigenvalue weighted by Crippen LogP contribution is -2.12. The summed E-state index contributed by atoms with van der Waals surface area (Å²) in [6, 6.07) is 17.3. The molecule has 1 amide bonds. The molecule has 0 radical (unpaired) electrons. The molecule has 2 heterocycles. The van der Waals surface area contributed by atoms with E-state index in [2.05, 4.69) is 15.5 Å². The molecule has 0 saturated heterocycles. The van der Waals surface area contributed by atoms with Crippen molar-refractivity contribution in [1.29, 1.82) is 0 Å². The third-order valence-corrected chi connectivity index (χ3v) is 4.14. The molecule has 0 aliphatic carbocycles. The summed E-state index contributed by atoms with van der Waals surface area (Å²) >= 11 is 0. The number of ether oxygens (including phenoxy) is 1. The van der Waals surface area contributed by atoms with Crippen molar-refractivity contribution in [3.63, 3.8) is 0 Å². The Labute approximate surface area is 165 Å². The second-order valence-electron chi connectivity index (χ2n) is 5.99. The van der Waals surface area contributed by atoms with Crippen molar-refractivity contribution < 1.29 is 23.2 Å². The van der Waals surface area contributed by atoms with Crippen LogP contribution in [-0.4, -0.2) is 29.2 Å². The highest BCUT2D eigenvalue weighted by Crippen LogP contribution is 2.23. The van der Waals surface area contributed by atoms with Gasteiger partial charge in [-0.15, -0.1) is 5.10 Å². The van der Waals surface area contributed by atoms with E-state index in [0.29, 0.717) is 16.9 Å². The van der Waals surface area contributed by atoms with Crippen LogP contribution in [0.5, 0.6) is 0 Å². The maximum atomic E-state index is 12.6. The number of hydrogen-bond acceptors (Lipinski definition) is 7. The van der Waals surface area contributed by atoms with Crippen LogP contribution in [0.25, 0.3) is 22.8 Å². The maximum absolute atomic E-state index is 12.6. The minimum Gasteiger partial charge on any atom is -0.465 e. The van der Waals surface area contributed by atoms with E-state index in [4.69, 9.17) is 13.6 Å². The smallest absolute Gasteiger partial charge is 0.337 e. The Bertz CT molecular complexity index is 1150. The highest BCUT2D eigenvalue weighted by atomic mass is 16.5. The molecule has 8 heteroatoms. The summed E-state index contributed by atoms with van der Waals surface area (Å²) < 4.78 is 15.3. The van der Waals surface area contributed by atoms with Crippen LogP contribution >= 0.6 is 0 Å². The van der Waals surface area contributed by atoms with Crippen LogP contribution in [0.1, 0.15) is 20.7 Å². The van der Waals surface area contributed by atoms with Gasteiger partial charge in [0.1, 0.15) is 0 Å². The molecule has 2 aromatic carbocycles. The van der Waals surface area contributed by atoms with Crippen molar-refractivity contribution in [1.82, 2.24) is 10.2 Å². The monoisotopic (exact) mass is 389 g/mol. The lowest BCUT2D eigenvalue weighted by molar-refractivity contribution is 0.0600. The van der Waals surface area contributed by atoms with E-state index in [1.807, 2.05) is 6.07 Å². The van der Waals surface area contributed by atoms with Crippen molar-refractivity contribution in [3.05, 3.63) is 78.1 Å². The van der Waals surface area contributed by atoms with Crippen LogP contribution in [0.15, 0.2) is 75.8 Å². The van der Waals surface area contributed by atoms with Gasteiger partial charge in [-0.2, -0.15) is 0 Å². The fourth-order valence-corrected chi connectivity index (χ4v) is 2.70. The van der Waals surface area contributed by atoms with Gasteiger partial charge < -0.3 is 13.6 Å². The summed E-state index contributed by atoms with van der Waals surface area (Å²) in [5, 5.41) is 10.2. The summed E-state index contributed by atoms with van der Waals surface area (Å²) in [5.41, 5.74) is 2.53. The summed E-state index contributed by atoms with van der Waals surface area (Å²) in [4.78, 5) is 24.1. The molecule has 0 spiro atoms. The number of nitrogens with zero attached hydrogens (tertiary/aromatic N) is 2. The Balaban J connectivity index is 1.51. The number of amides is 1. The first-order chi connectivity index (χ1) is 14.1. The van der Waals surface area contributed by atoms with Gasteiger partial charge in [0, 0.05) is 5.56 Å². The summed E-state index contributed by atoms with van der Waals surface area (Å²) in [6.07, 6.45) is 1.49. The summed E-state index contributed by atoms with van der Waals surface area (Å²) in [7, 11) is 1.33. The molecule has 0 aliphatic heterocycles. The molecule has 4 aromatic rings. The van der Waals surface area contributed by atoms with E-state index in [-0.39, 0.29) is 11.9 Å².